The molecule has 0 spiro atoms. The number of nitrogens with zero attached hydrogens (tertiary/aromatic N) is 1. The van der Waals surface area contributed by atoms with Gasteiger partial charge in [-0.3, -0.25) is 0 Å². The maximum atomic E-state index is 6.22. The molecule has 4 aliphatic rings. The molecule has 0 aliphatic heterocycles. The lowest BCUT2D eigenvalue weighted by Gasteiger charge is -2.37. The van der Waals surface area contributed by atoms with Gasteiger partial charge in [0, 0.05) is 45.5 Å². The summed E-state index contributed by atoms with van der Waals surface area (Å²) < 4.78 is 8.69. The number of aromatic nitrogens is 1. The Hall–Kier alpha value is -5.60. The van der Waals surface area contributed by atoms with Crippen LogP contribution in [0.4, 0.5) is 0 Å². The molecule has 0 N–H and O–H groups in total. The molecule has 2 nitrogen and oxygen atoms in total. The number of hydrogen-bond acceptors (Lipinski definition) is 1. The van der Waals surface area contributed by atoms with Crippen molar-refractivity contribution in [2.45, 2.75) is 44.9 Å². The fraction of sp³-hybridized carbons (Fsp3) is 0.167. The minimum absolute atomic E-state index is 0.284. The van der Waals surface area contributed by atoms with Crippen molar-refractivity contribution in [1.29, 1.82) is 0 Å². The van der Waals surface area contributed by atoms with Crippen LogP contribution in [0, 0.1) is 12.8 Å². The van der Waals surface area contributed by atoms with Crippen molar-refractivity contribution in [3.05, 3.63) is 184 Å². The summed E-state index contributed by atoms with van der Waals surface area (Å²) in [6.45, 7) is 4.11. The van der Waals surface area contributed by atoms with Crippen LogP contribution >= 0.6 is 0 Å². The zero-order valence-corrected chi connectivity index (χ0v) is 28.6. The van der Waals surface area contributed by atoms with Gasteiger partial charge in [-0.25, -0.2) is 0 Å². The van der Waals surface area contributed by atoms with Gasteiger partial charge in [-0.1, -0.05) is 115 Å². The van der Waals surface area contributed by atoms with Crippen LogP contribution in [-0.4, -0.2) is 4.57 Å². The Balaban J connectivity index is 1.03. The maximum Gasteiger partial charge on any atom is 0.135 e. The molecule has 0 amide bonds. The Kier molecular flexibility index (Phi) is 6.74. The average molecular weight is 646 g/mol. The standard InChI is InChI=1S/C48H39NO/c1-3-11-36-30(2)50-48-29-34(21-24-43(36)48)33-22-25-47-45(28-33)42-18-8-9-19-46(42)49(47)35-13-10-12-31(26-35)32-20-23-41-39-16-5-4-14-37(39)38-15-6-7-17-40(38)44(41)27-32/h3,5-13,15-27,29,33,41,44H,4,14,28H2,1-2H3/b11-3-. The molecule has 3 atom stereocenters. The van der Waals surface area contributed by atoms with E-state index in [0.29, 0.717) is 11.8 Å². The number of furan rings is 1. The summed E-state index contributed by atoms with van der Waals surface area (Å²) in [6, 6.07) is 33.9. The molecule has 2 heteroatoms. The third-order valence-electron chi connectivity index (χ3n) is 11.5. The Labute approximate surface area is 293 Å². The van der Waals surface area contributed by atoms with E-state index < -0.39 is 0 Å². The van der Waals surface area contributed by atoms with Crippen LogP contribution < -0.4 is 0 Å². The molecule has 6 aromatic rings. The molecule has 4 aromatic carbocycles. The van der Waals surface area contributed by atoms with Gasteiger partial charge >= 0.3 is 0 Å². The molecular weight excluding hydrogens is 607 g/mol. The highest BCUT2D eigenvalue weighted by Crippen LogP contribution is 2.50. The lowest BCUT2D eigenvalue weighted by molar-refractivity contribution is 0.577. The highest BCUT2D eigenvalue weighted by atomic mass is 16.3. The normalized spacial score (nSPS) is 20.7. The SMILES string of the molecule is C/C=C\c1c(C)oc2cc(C3C=Cc4c(c5ccccc5n4-c4cccc(C5=CC6c7ccccc7C7=C(C=CCC7)C6C=C5)c4)C3)ccc12. The molecule has 3 unspecified atom stereocenters. The number of aryl methyl sites for hydroxylation is 1. The highest BCUT2D eigenvalue weighted by Gasteiger charge is 2.34. The maximum absolute atomic E-state index is 6.22. The van der Waals surface area contributed by atoms with Gasteiger partial charge in [-0.2, -0.15) is 0 Å². The molecule has 0 fully saturated rings. The summed E-state index contributed by atoms with van der Waals surface area (Å²) in [6.07, 6.45) is 24.3. The second-order valence-corrected chi connectivity index (χ2v) is 14.3. The van der Waals surface area contributed by atoms with Gasteiger partial charge in [0.05, 0.1) is 5.52 Å². The smallest absolute Gasteiger partial charge is 0.135 e. The van der Waals surface area contributed by atoms with Crippen molar-refractivity contribution in [2.75, 3.05) is 0 Å². The molecule has 4 aliphatic carbocycles. The van der Waals surface area contributed by atoms with Crippen LogP contribution in [0.25, 0.3) is 50.9 Å². The van der Waals surface area contributed by atoms with Crippen molar-refractivity contribution in [3.8, 4) is 5.69 Å². The summed E-state index contributed by atoms with van der Waals surface area (Å²) in [4.78, 5) is 0. The van der Waals surface area contributed by atoms with Crippen molar-refractivity contribution >= 4 is 45.2 Å². The lowest BCUT2D eigenvalue weighted by atomic mass is 9.67. The topological polar surface area (TPSA) is 18.1 Å². The Morgan fingerprint density at radius 2 is 1.72 bits per heavy atom. The zero-order chi connectivity index (χ0) is 33.3. The second kappa shape index (κ2) is 11.5. The van der Waals surface area contributed by atoms with Crippen LogP contribution in [0.5, 0.6) is 0 Å². The summed E-state index contributed by atoms with van der Waals surface area (Å²) in [5.41, 5.74) is 17.1. The van der Waals surface area contributed by atoms with Crippen molar-refractivity contribution < 1.29 is 4.42 Å². The van der Waals surface area contributed by atoms with E-state index in [-0.39, 0.29) is 5.92 Å². The van der Waals surface area contributed by atoms with Gasteiger partial charge in [-0.15, -0.1) is 0 Å². The summed E-state index contributed by atoms with van der Waals surface area (Å²) in [7, 11) is 0. The van der Waals surface area contributed by atoms with Gasteiger partial charge < -0.3 is 8.98 Å². The van der Waals surface area contributed by atoms with Gasteiger partial charge in [0.15, 0.2) is 0 Å². The van der Waals surface area contributed by atoms with E-state index in [1.165, 1.54) is 72.2 Å². The average Bonchev–Trinajstić information content (AvgIpc) is 3.67. The number of para-hydroxylation sites is 1. The molecule has 242 valence electrons. The molecule has 10 rings (SSSR count). The van der Waals surface area contributed by atoms with E-state index in [0.717, 1.165) is 30.6 Å². The monoisotopic (exact) mass is 645 g/mol. The number of benzene rings is 4. The van der Waals surface area contributed by atoms with E-state index >= 15 is 0 Å². The quantitative estimate of drug-likeness (QED) is 0.187. The van der Waals surface area contributed by atoms with Crippen molar-refractivity contribution in [3.63, 3.8) is 0 Å². The van der Waals surface area contributed by atoms with E-state index in [1.807, 2.05) is 0 Å². The van der Waals surface area contributed by atoms with Crippen LogP contribution in [0.2, 0.25) is 0 Å². The third-order valence-corrected chi connectivity index (χ3v) is 11.5. The van der Waals surface area contributed by atoms with Crippen LogP contribution in [0.1, 0.15) is 76.4 Å². The van der Waals surface area contributed by atoms with E-state index in [9.17, 15) is 0 Å². The number of fused-ring (bicyclic) bond motifs is 9. The van der Waals surface area contributed by atoms with E-state index in [4.69, 9.17) is 4.42 Å². The minimum Gasteiger partial charge on any atom is -0.461 e. The number of hydrogen-bond donors (Lipinski definition) is 0. The molecule has 0 saturated carbocycles. The van der Waals surface area contributed by atoms with Crippen LogP contribution in [0.3, 0.4) is 0 Å². The first-order valence-corrected chi connectivity index (χ1v) is 18.1. The molecular formula is C48H39NO. The molecule has 0 bridgehead atoms. The van der Waals surface area contributed by atoms with Gasteiger partial charge in [-0.05, 0) is 108 Å². The lowest BCUT2D eigenvalue weighted by Crippen LogP contribution is -2.22. The van der Waals surface area contributed by atoms with Gasteiger partial charge in [0.1, 0.15) is 11.3 Å². The fourth-order valence-electron chi connectivity index (χ4n) is 9.20. The van der Waals surface area contributed by atoms with Crippen LogP contribution in [-0.2, 0) is 6.42 Å². The third kappa shape index (κ3) is 4.48. The van der Waals surface area contributed by atoms with Crippen molar-refractivity contribution in [2.24, 2.45) is 5.92 Å². The van der Waals surface area contributed by atoms with E-state index in [1.54, 1.807) is 5.57 Å². The minimum atomic E-state index is 0.284. The van der Waals surface area contributed by atoms with Crippen LogP contribution in [0.15, 0.2) is 144 Å². The molecule has 2 heterocycles. The van der Waals surface area contributed by atoms with Gasteiger partial charge in [0.25, 0.3) is 0 Å². The molecule has 50 heavy (non-hydrogen) atoms. The fourth-order valence-corrected chi connectivity index (χ4v) is 9.20. The summed E-state index contributed by atoms with van der Waals surface area (Å²) in [5.74, 6) is 1.99. The molecule has 0 saturated heterocycles. The first kappa shape index (κ1) is 29.3. The predicted octanol–water partition coefficient (Wildman–Crippen LogP) is 12.5. The highest BCUT2D eigenvalue weighted by molar-refractivity contribution is 5.92. The Morgan fingerprint density at radius 3 is 2.66 bits per heavy atom. The van der Waals surface area contributed by atoms with Gasteiger partial charge in [0.2, 0.25) is 0 Å². The Bertz CT molecular complexity index is 2550. The number of allylic oxidation sites excluding steroid dienone is 10. The predicted molar refractivity (Wildman–Crippen MR) is 209 cm³/mol. The largest absolute Gasteiger partial charge is 0.461 e. The van der Waals surface area contributed by atoms with Crippen molar-refractivity contribution in [1.82, 2.24) is 4.57 Å². The van der Waals surface area contributed by atoms with E-state index in [2.05, 4.69) is 164 Å². The summed E-state index contributed by atoms with van der Waals surface area (Å²) >= 11 is 0. The summed E-state index contributed by atoms with van der Waals surface area (Å²) in [5, 5.41) is 2.51. The Morgan fingerprint density at radius 1 is 0.820 bits per heavy atom. The molecule has 2 aromatic heterocycles. The first-order valence-electron chi connectivity index (χ1n) is 18.1. The zero-order valence-electron chi connectivity index (χ0n) is 28.6. The number of rotatable bonds is 4. The molecule has 0 radical (unpaired) electrons. The second-order valence-electron chi connectivity index (χ2n) is 14.3. The first-order chi connectivity index (χ1) is 24.7.